The van der Waals surface area contributed by atoms with E-state index in [1.165, 1.54) is 11.1 Å². The fraction of sp³-hybridized carbons (Fsp3) is 0.391. The number of aliphatic hydroxyl groups is 2. The summed E-state index contributed by atoms with van der Waals surface area (Å²) in [5, 5.41) is 42.9. The predicted octanol–water partition coefficient (Wildman–Crippen LogP) is 1.28. The van der Waals surface area contributed by atoms with Gasteiger partial charge in [0.15, 0.2) is 0 Å². The Morgan fingerprint density at radius 3 is 1.09 bits per heavy atom. The Morgan fingerprint density at radius 1 is 0.534 bits per heavy atom. The number of aryl methyl sites for hydroxylation is 2. The van der Waals surface area contributed by atoms with Crippen LogP contribution in [0.15, 0.2) is 109 Å². The van der Waals surface area contributed by atoms with Crippen molar-refractivity contribution >= 4 is 23.8 Å². The molecular formula is C46H62N4O8. The van der Waals surface area contributed by atoms with Gasteiger partial charge in [0.1, 0.15) is 25.3 Å². The Bertz CT molecular complexity index is 1710. The zero-order valence-electron chi connectivity index (χ0n) is 35.2. The molecule has 4 aromatic rings. The predicted molar refractivity (Wildman–Crippen MR) is 220 cm³/mol. The van der Waals surface area contributed by atoms with E-state index in [0.29, 0.717) is 13.1 Å². The van der Waals surface area contributed by atoms with Crippen LogP contribution in [-0.2, 0) is 22.4 Å². The Balaban J connectivity index is 0.000000351. The second-order valence-corrected chi connectivity index (χ2v) is 16.1. The van der Waals surface area contributed by atoms with E-state index in [0.717, 1.165) is 47.9 Å². The molecule has 0 saturated carbocycles. The first-order valence-corrected chi connectivity index (χ1v) is 19.4. The number of rotatable bonds is 16. The van der Waals surface area contributed by atoms with Crippen LogP contribution in [0.4, 0.5) is 0 Å². The standard InChI is InChI=1S/2C22H30N2O2.C2H2O4/c2*1-22(2,23-16-20(25)18-8-6-5-7-9-18)15-14-17-10-12-19(13-11-17)21(26)24(3)4;3-1(4)2(5)6/h2*5-13,20,23,25H,14-16H2,1-4H3;(H,3,4)(H,5,6). The highest BCUT2D eigenvalue weighted by molar-refractivity contribution is 6.25. The molecule has 314 valence electrons. The number of amides is 2. The zero-order valence-corrected chi connectivity index (χ0v) is 35.2. The van der Waals surface area contributed by atoms with E-state index >= 15 is 0 Å². The van der Waals surface area contributed by atoms with Crippen LogP contribution in [0.1, 0.15) is 95.7 Å². The van der Waals surface area contributed by atoms with Gasteiger partial charge in [-0.1, -0.05) is 84.9 Å². The number of carboxylic acids is 2. The Hall–Kier alpha value is -5.40. The summed E-state index contributed by atoms with van der Waals surface area (Å²) >= 11 is 0. The summed E-state index contributed by atoms with van der Waals surface area (Å²) < 4.78 is 0. The second kappa shape index (κ2) is 23.7. The van der Waals surface area contributed by atoms with Crippen molar-refractivity contribution < 1.29 is 50.2 Å². The molecule has 2 atom stereocenters. The molecule has 4 aromatic carbocycles. The van der Waals surface area contributed by atoms with E-state index in [-0.39, 0.29) is 22.9 Å². The molecule has 2 unspecified atom stereocenters. The summed E-state index contributed by atoms with van der Waals surface area (Å²) in [6, 6.07) is 35.3. The molecule has 4 rings (SSSR count). The maximum absolute atomic E-state index is 11.9. The van der Waals surface area contributed by atoms with E-state index < -0.39 is 24.1 Å². The molecular weight excluding hydrogens is 737 g/mol. The van der Waals surface area contributed by atoms with Crippen LogP contribution in [-0.4, -0.2) is 96.1 Å². The largest absolute Gasteiger partial charge is 0.543 e. The number of quaternary nitrogens is 2. The molecule has 0 spiro atoms. The topological polar surface area (TPSA) is 195 Å². The maximum Gasteiger partial charge on any atom is 0.253 e. The number of nitrogens with two attached hydrogens (primary N) is 2. The third kappa shape index (κ3) is 18.2. The molecule has 0 bridgehead atoms. The summed E-state index contributed by atoms with van der Waals surface area (Å²) in [5.41, 5.74) is 5.88. The molecule has 2 amide bonds. The molecule has 0 heterocycles. The fourth-order valence-electron chi connectivity index (χ4n) is 5.77. The fourth-order valence-corrected chi connectivity index (χ4v) is 5.77. The van der Waals surface area contributed by atoms with Crippen molar-refractivity contribution in [2.45, 2.75) is 76.7 Å². The van der Waals surface area contributed by atoms with Crippen LogP contribution in [0.2, 0.25) is 0 Å². The highest BCUT2D eigenvalue weighted by atomic mass is 16.4. The van der Waals surface area contributed by atoms with Gasteiger partial charge >= 0.3 is 0 Å². The smallest absolute Gasteiger partial charge is 0.253 e. The van der Waals surface area contributed by atoms with Crippen molar-refractivity contribution in [3.8, 4) is 0 Å². The third-order valence-corrected chi connectivity index (χ3v) is 9.65. The van der Waals surface area contributed by atoms with Crippen LogP contribution in [0, 0.1) is 0 Å². The summed E-state index contributed by atoms with van der Waals surface area (Å²) in [7, 11) is 7.05. The zero-order chi connectivity index (χ0) is 43.5. The molecule has 0 aliphatic heterocycles. The average molecular weight is 799 g/mol. The summed E-state index contributed by atoms with van der Waals surface area (Å²) in [5.74, 6) is -4.31. The lowest BCUT2D eigenvalue weighted by atomic mass is 9.94. The molecule has 0 aliphatic carbocycles. The molecule has 6 N–H and O–H groups in total. The second-order valence-electron chi connectivity index (χ2n) is 16.1. The van der Waals surface area contributed by atoms with Gasteiger partial charge in [-0.2, -0.15) is 0 Å². The van der Waals surface area contributed by atoms with E-state index in [1.54, 1.807) is 38.0 Å². The van der Waals surface area contributed by atoms with Crippen LogP contribution in [0.25, 0.3) is 0 Å². The normalized spacial score (nSPS) is 12.1. The summed E-state index contributed by atoms with van der Waals surface area (Å²) in [4.78, 5) is 44.9. The van der Waals surface area contributed by atoms with Gasteiger partial charge in [0.25, 0.3) is 11.8 Å². The SMILES string of the molecule is CN(C)C(=O)c1ccc(CCC(C)(C)[NH2+]CC(O)c2ccccc2)cc1.CN(C)C(=O)c1ccc(CCC(C)(C)[NH2+]CC(O)c2ccccc2)cc1.O=C([O-])C(=O)[O-]. The van der Waals surface area contributed by atoms with Crippen molar-refractivity contribution in [3.05, 3.63) is 143 Å². The van der Waals surface area contributed by atoms with Crippen molar-refractivity contribution in [1.82, 2.24) is 9.80 Å². The maximum atomic E-state index is 11.9. The van der Waals surface area contributed by atoms with Gasteiger partial charge in [-0.05, 0) is 87.1 Å². The van der Waals surface area contributed by atoms with Gasteiger partial charge in [-0.15, -0.1) is 0 Å². The first-order chi connectivity index (χ1) is 27.2. The number of carboxylic acid groups (broad SMARTS) is 2. The Labute approximate surface area is 343 Å². The van der Waals surface area contributed by atoms with E-state index in [1.807, 2.05) is 109 Å². The molecule has 12 nitrogen and oxygen atoms in total. The van der Waals surface area contributed by atoms with Crippen molar-refractivity contribution in [2.24, 2.45) is 0 Å². The molecule has 0 radical (unpaired) electrons. The molecule has 0 aromatic heterocycles. The molecule has 12 heteroatoms. The van der Waals surface area contributed by atoms with Gasteiger partial charge in [0, 0.05) is 52.2 Å². The van der Waals surface area contributed by atoms with Crippen molar-refractivity contribution in [2.75, 3.05) is 41.3 Å². The number of nitrogens with zero attached hydrogens (tertiary/aromatic N) is 2. The number of hydrogen-bond acceptors (Lipinski definition) is 8. The monoisotopic (exact) mass is 798 g/mol. The van der Waals surface area contributed by atoms with E-state index in [9.17, 15) is 19.8 Å². The number of aliphatic carboxylic acids is 2. The van der Waals surface area contributed by atoms with E-state index in [2.05, 4.69) is 38.3 Å². The number of carbonyl (C=O) groups excluding carboxylic acids is 4. The number of benzene rings is 4. The number of carbonyl (C=O) groups is 4. The van der Waals surface area contributed by atoms with Gasteiger partial charge in [-0.3, -0.25) is 9.59 Å². The Kier molecular flexibility index (Phi) is 20.0. The van der Waals surface area contributed by atoms with Crippen LogP contribution in [0.5, 0.6) is 0 Å². The quantitative estimate of drug-likeness (QED) is 0.122. The average Bonchev–Trinajstić information content (AvgIpc) is 3.21. The minimum Gasteiger partial charge on any atom is -0.543 e. The minimum absolute atomic E-state index is 0.0279. The van der Waals surface area contributed by atoms with Gasteiger partial charge in [0.05, 0.1) is 23.0 Å². The third-order valence-electron chi connectivity index (χ3n) is 9.65. The highest BCUT2D eigenvalue weighted by Crippen LogP contribution is 2.16. The highest BCUT2D eigenvalue weighted by Gasteiger charge is 2.24. The van der Waals surface area contributed by atoms with E-state index in [4.69, 9.17) is 19.8 Å². The molecule has 0 aliphatic rings. The van der Waals surface area contributed by atoms with Crippen LogP contribution >= 0.6 is 0 Å². The molecule has 58 heavy (non-hydrogen) atoms. The number of hydrogen-bond donors (Lipinski definition) is 4. The van der Waals surface area contributed by atoms with Crippen LogP contribution < -0.4 is 20.8 Å². The lowest BCUT2D eigenvalue weighted by molar-refractivity contribution is -0.727. The van der Waals surface area contributed by atoms with Gasteiger partial charge in [0.2, 0.25) is 0 Å². The molecule has 0 fully saturated rings. The first kappa shape index (κ1) is 48.7. The summed E-state index contributed by atoms with van der Waals surface area (Å²) in [6.45, 7) is 10.1. The lowest BCUT2D eigenvalue weighted by Crippen LogP contribution is -2.96. The van der Waals surface area contributed by atoms with Crippen molar-refractivity contribution in [3.63, 3.8) is 0 Å². The van der Waals surface area contributed by atoms with Gasteiger partial charge in [-0.25, -0.2) is 0 Å². The van der Waals surface area contributed by atoms with Gasteiger partial charge < -0.3 is 50.4 Å². The Morgan fingerprint density at radius 2 is 0.828 bits per heavy atom. The minimum atomic E-state index is -2.19. The van der Waals surface area contributed by atoms with Crippen molar-refractivity contribution in [1.29, 1.82) is 0 Å². The number of aliphatic hydroxyl groups excluding tert-OH is 2. The molecule has 0 saturated heterocycles. The lowest BCUT2D eigenvalue weighted by Gasteiger charge is -2.24. The first-order valence-electron chi connectivity index (χ1n) is 19.4. The van der Waals surface area contributed by atoms with Crippen LogP contribution in [0.3, 0.4) is 0 Å². The summed E-state index contributed by atoms with van der Waals surface area (Å²) in [6.07, 6.45) is 2.98.